The molecule has 0 aliphatic rings. The van der Waals surface area contributed by atoms with Gasteiger partial charge in [-0.1, -0.05) is 29.8 Å². The van der Waals surface area contributed by atoms with Crippen LogP contribution in [0.1, 0.15) is 17.0 Å². The van der Waals surface area contributed by atoms with Crippen LogP contribution in [0.25, 0.3) is 33.5 Å². The van der Waals surface area contributed by atoms with E-state index in [1.54, 1.807) is 0 Å². The van der Waals surface area contributed by atoms with E-state index in [-0.39, 0.29) is 17.7 Å². The number of hydrogen-bond donors (Lipinski definition) is 0. The number of benzene rings is 2. The standard InChI is InChI=1S/C22H17N3O3/c1-13-6-5-7-15(10-13)21-24-17(14(2)27-21)11-25-12-23-19-16-8-3-4-9-18(16)28-20(19)22(25)26/h3-10,12H,11H2,1-2H3. The SMILES string of the molecule is Cc1cccc(-c2nc(Cn3cnc4c(oc5ccccc54)c3=O)c(C)o2)c1. The second kappa shape index (κ2) is 6.20. The molecule has 0 spiro atoms. The van der Waals surface area contributed by atoms with E-state index in [0.29, 0.717) is 28.4 Å². The fourth-order valence-electron chi connectivity index (χ4n) is 3.37. The first-order chi connectivity index (χ1) is 13.6. The zero-order valence-electron chi connectivity index (χ0n) is 15.5. The Hall–Kier alpha value is -3.67. The smallest absolute Gasteiger partial charge is 0.297 e. The maximum Gasteiger partial charge on any atom is 0.297 e. The fourth-order valence-corrected chi connectivity index (χ4v) is 3.37. The van der Waals surface area contributed by atoms with Crippen molar-refractivity contribution in [2.24, 2.45) is 0 Å². The van der Waals surface area contributed by atoms with Crippen molar-refractivity contribution in [2.45, 2.75) is 20.4 Å². The van der Waals surface area contributed by atoms with Crippen LogP contribution in [0.5, 0.6) is 0 Å². The lowest BCUT2D eigenvalue weighted by Crippen LogP contribution is -2.21. The Morgan fingerprint density at radius 3 is 2.75 bits per heavy atom. The van der Waals surface area contributed by atoms with Crippen molar-refractivity contribution in [3.8, 4) is 11.5 Å². The van der Waals surface area contributed by atoms with E-state index in [2.05, 4.69) is 9.97 Å². The predicted octanol–water partition coefficient (Wildman–Crippen LogP) is 4.46. The molecule has 3 heterocycles. The molecule has 5 rings (SSSR count). The van der Waals surface area contributed by atoms with E-state index in [1.807, 2.05) is 62.4 Å². The van der Waals surface area contributed by atoms with E-state index in [0.717, 1.165) is 16.5 Å². The van der Waals surface area contributed by atoms with Gasteiger partial charge in [0.1, 0.15) is 22.6 Å². The van der Waals surface area contributed by atoms with Crippen LogP contribution < -0.4 is 5.56 Å². The van der Waals surface area contributed by atoms with E-state index in [4.69, 9.17) is 8.83 Å². The Kier molecular flexibility index (Phi) is 3.65. The lowest BCUT2D eigenvalue weighted by atomic mass is 10.1. The molecular weight excluding hydrogens is 354 g/mol. The summed E-state index contributed by atoms with van der Waals surface area (Å²) < 4.78 is 13.1. The fraction of sp³-hybridized carbons (Fsp3) is 0.136. The molecule has 6 heteroatoms. The van der Waals surface area contributed by atoms with Crippen LogP contribution in [0, 0.1) is 13.8 Å². The summed E-state index contributed by atoms with van der Waals surface area (Å²) in [5.74, 6) is 1.22. The van der Waals surface area contributed by atoms with Gasteiger partial charge in [-0.2, -0.15) is 0 Å². The quantitative estimate of drug-likeness (QED) is 0.468. The molecule has 138 valence electrons. The Bertz CT molecular complexity index is 1390. The molecular formula is C22H17N3O3. The Morgan fingerprint density at radius 2 is 1.89 bits per heavy atom. The van der Waals surface area contributed by atoms with Gasteiger partial charge in [0.2, 0.25) is 11.5 Å². The monoisotopic (exact) mass is 371 g/mol. The van der Waals surface area contributed by atoms with Crippen molar-refractivity contribution >= 4 is 22.1 Å². The van der Waals surface area contributed by atoms with Gasteiger partial charge in [-0.3, -0.25) is 9.36 Å². The number of para-hydroxylation sites is 1. The second-order valence-electron chi connectivity index (χ2n) is 6.84. The minimum Gasteiger partial charge on any atom is -0.448 e. The summed E-state index contributed by atoms with van der Waals surface area (Å²) >= 11 is 0. The van der Waals surface area contributed by atoms with Gasteiger partial charge in [0.15, 0.2) is 0 Å². The molecule has 28 heavy (non-hydrogen) atoms. The number of aromatic nitrogens is 3. The normalized spacial score (nSPS) is 11.5. The Morgan fingerprint density at radius 1 is 1.04 bits per heavy atom. The second-order valence-corrected chi connectivity index (χ2v) is 6.84. The zero-order valence-corrected chi connectivity index (χ0v) is 15.5. The maximum absolute atomic E-state index is 12.9. The summed E-state index contributed by atoms with van der Waals surface area (Å²) in [6.07, 6.45) is 1.53. The van der Waals surface area contributed by atoms with Crippen LogP contribution in [0.4, 0.5) is 0 Å². The summed E-state index contributed by atoms with van der Waals surface area (Å²) in [6, 6.07) is 15.5. The van der Waals surface area contributed by atoms with Crippen molar-refractivity contribution in [1.29, 1.82) is 0 Å². The molecule has 2 aromatic carbocycles. The molecule has 0 fully saturated rings. The van der Waals surface area contributed by atoms with Crippen molar-refractivity contribution in [1.82, 2.24) is 14.5 Å². The van der Waals surface area contributed by atoms with Crippen LogP contribution >= 0.6 is 0 Å². The Labute approximate surface area is 160 Å². The molecule has 0 radical (unpaired) electrons. The van der Waals surface area contributed by atoms with Gasteiger partial charge < -0.3 is 8.83 Å². The lowest BCUT2D eigenvalue weighted by molar-refractivity contribution is 0.537. The number of aryl methyl sites for hydroxylation is 2. The summed E-state index contributed by atoms with van der Waals surface area (Å²) in [5.41, 5.74) is 3.98. The van der Waals surface area contributed by atoms with Crippen LogP contribution in [0.2, 0.25) is 0 Å². The highest BCUT2D eigenvalue weighted by Gasteiger charge is 2.16. The Balaban J connectivity index is 1.56. The summed E-state index contributed by atoms with van der Waals surface area (Å²) in [4.78, 5) is 21.9. The third-order valence-electron chi connectivity index (χ3n) is 4.83. The van der Waals surface area contributed by atoms with Crippen LogP contribution in [0.15, 0.2) is 68.5 Å². The number of oxazole rings is 1. The summed E-state index contributed by atoms with van der Waals surface area (Å²) in [6.45, 7) is 4.13. The van der Waals surface area contributed by atoms with Crippen molar-refractivity contribution in [2.75, 3.05) is 0 Å². The molecule has 0 atom stereocenters. The van der Waals surface area contributed by atoms with E-state index in [9.17, 15) is 4.79 Å². The molecule has 0 unspecified atom stereocenters. The van der Waals surface area contributed by atoms with Crippen molar-refractivity contribution in [3.63, 3.8) is 0 Å². The molecule has 3 aromatic heterocycles. The minimum atomic E-state index is -0.235. The molecule has 0 amide bonds. The third-order valence-corrected chi connectivity index (χ3v) is 4.83. The highest BCUT2D eigenvalue weighted by molar-refractivity contribution is 6.01. The lowest BCUT2D eigenvalue weighted by Gasteiger charge is -2.02. The average molecular weight is 371 g/mol. The van der Waals surface area contributed by atoms with Crippen LogP contribution in [-0.2, 0) is 6.54 Å². The van der Waals surface area contributed by atoms with Crippen molar-refractivity contribution < 1.29 is 8.83 Å². The molecule has 6 nitrogen and oxygen atoms in total. The van der Waals surface area contributed by atoms with Gasteiger partial charge >= 0.3 is 0 Å². The highest BCUT2D eigenvalue weighted by atomic mass is 16.4. The first-order valence-corrected chi connectivity index (χ1v) is 9.00. The first kappa shape index (κ1) is 16.5. The summed E-state index contributed by atoms with van der Waals surface area (Å²) in [7, 11) is 0. The zero-order chi connectivity index (χ0) is 19.3. The van der Waals surface area contributed by atoms with Gasteiger partial charge in [0.25, 0.3) is 5.56 Å². The largest absolute Gasteiger partial charge is 0.448 e. The number of rotatable bonds is 3. The molecule has 0 aliphatic heterocycles. The van der Waals surface area contributed by atoms with Crippen LogP contribution in [0.3, 0.4) is 0 Å². The van der Waals surface area contributed by atoms with Gasteiger partial charge in [-0.25, -0.2) is 9.97 Å². The topological polar surface area (TPSA) is 74.1 Å². The van der Waals surface area contributed by atoms with E-state index < -0.39 is 0 Å². The molecule has 0 N–H and O–H groups in total. The first-order valence-electron chi connectivity index (χ1n) is 9.00. The van der Waals surface area contributed by atoms with Gasteiger partial charge in [0, 0.05) is 10.9 Å². The van der Waals surface area contributed by atoms with Crippen molar-refractivity contribution in [3.05, 3.63) is 82.2 Å². The number of hydrogen-bond acceptors (Lipinski definition) is 5. The molecule has 0 aliphatic carbocycles. The average Bonchev–Trinajstić information content (AvgIpc) is 3.25. The maximum atomic E-state index is 12.9. The van der Waals surface area contributed by atoms with Gasteiger partial charge in [-0.15, -0.1) is 0 Å². The highest BCUT2D eigenvalue weighted by Crippen LogP contribution is 2.25. The number of fused-ring (bicyclic) bond motifs is 3. The molecule has 0 bridgehead atoms. The van der Waals surface area contributed by atoms with Crippen LogP contribution in [-0.4, -0.2) is 14.5 Å². The third kappa shape index (κ3) is 2.62. The van der Waals surface area contributed by atoms with Gasteiger partial charge in [0.05, 0.1) is 12.9 Å². The molecule has 0 saturated heterocycles. The summed E-state index contributed by atoms with van der Waals surface area (Å²) in [5, 5.41) is 0.834. The molecule has 5 aromatic rings. The predicted molar refractivity (Wildman–Crippen MR) is 106 cm³/mol. The minimum absolute atomic E-state index is 0.235. The molecule has 0 saturated carbocycles. The number of nitrogens with zero attached hydrogens (tertiary/aromatic N) is 3. The van der Waals surface area contributed by atoms with E-state index >= 15 is 0 Å². The number of furan rings is 1. The van der Waals surface area contributed by atoms with Gasteiger partial charge in [-0.05, 0) is 38.1 Å². The van der Waals surface area contributed by atoms with E-state index in [1.165, 1.54) is 10.9 Å².